The predicted molar refractivity (Wildman–Crippen MR) is 96.3 cm³/mol. The minimum Gasteiger partial charge on any atom is -0.444 e. The Morgan fingerprint density at radius 1 is 1.30 bits per heavy atom. The van der Waals surface area contributed by atoms with Gasteiger partial charge in [-0.05, 0) is 52.7 Å². The zero-order chi connectivity index (χ0) is 17.5. The summed E-state index contributed by atoms with van der Waals surface area (Å²) >= 11 is 0. The van der Waals surface area contributed by atoms with Crippen LogP contribution in [0.1, 0.15) is 54.4 Å². The van der Waals surface area contributed by atoms with Crippen LogP contribution in [0.15, 0.2) is 35.6 Å². The highest BCUT2D eigenvalue weighted by atomic mass is 16.6. The first kappa shape index (κ1) is 19.3. The lowest BCUT2D eigenvalue weighted by molar-refractivity contribution is 0.0437. The van der Waals surface area contributed by atoms with E-state index in [0.717, 1.165) is 25.9 Å². The number of allylic oxidation sites excluding steroid dienone is 5. The van der Waals surface area contributed by atoms with Crippen molar-refractivity contribution in [2.75, 3.05) is 13.1 Å². The van der Waals surface area contributed by atoms with Gasteiger partial charge in [0, 0.05) is 18.8 Å². The second kappa shape index (κ2) is 8.80. The first-order valence-electron chi connectivity index (χ1n) is 8.53. The van der Waals surface area contributed by atoms with Gasteiger partial charge in [0.25, 0.3) is 0 Å². The molecule has 0 radical (unpaired) electrons. The molecule has 1 fully saturated rings. The minimum absolute atomic E-state index is 0.152. The van der Waals surface area contributed by atoms with Crippen molar-refractivity contribution in [1.82, 2.24) is 10.2 Å². The molecule has 0 aromatic heterocycles. The molecule has 4 heteroatoms. The molecule has 1 heterocycles. The van der Waals surface area contributed by atoms with Crippen LogP contribution in [-0.4, -0.2) is 35.7 Å². The summed E-state index contributed by atoms with van der Waals surface area (Å²) in [4.78, 5) is 14.1. The maximum Gasteiger partial charge on any atom is 0.407 e. The van der Waals surface area contributed by atoms with Crippen molar-refractivity contribution in [2.45, 2.75) is 66.0 Å². The van der Waals surface area contributed by atoms with E-state index < -0.39 is 5.60 Å². The SMILES string of the molecule is CC/C=C/C=C(\C=C(/C)CC)N1CC(NC(=O)OC(C)(C)C)C1. The fourth-order valence-electron chi connectivity index (χ4n) is 2.16. The maximum atomic E-state index is 11.8. The number of ether oxygens (including phenoxy) is 1. The summed E-state index contributed by atoms with van der Waals surface area (Å²) in [5.41, 5.74) is 2.10. The van der Waals surface area contributed by atoms with E-state index in [1.54, 1.807) is 0 Å². The van der Waals surface area contributed by atoms with Gasteiger partial charge in [0.15, 0.2) is 0 Å². The summed E-state index contributed by atoms with van der Waals surface area (Å²) in [5.74, 6) is 0. The third kappa shape index (κ3) is 7.40. The number of nitrogens with zero attached hydrogens (tertiary/aromatic N) is 1. The average Bonchev–Trinajstić information content (AvgIpc) is 2.39. The fourth-order valence-corrected chi connectivity index (χ4v) is 2.16. The molecular weight excluding hydrogens is 288 g/mol. The molecule has 0 aliphatic carbocycles. The molecule has 0 spiro atoms. The van der Waals surface area contributed by atoms with Gasteiger partial charge in [0.05, 0.1) is 6.04 Å². The lowest BCUT2D eigenvalue weighted by Gasteiger charge is -2.42. The number of likely N-dealkylation sites (tertiary alicyclic amines) is 1. The molecule has 1 saturated heterocycles. The van der Waals surface area contributed by atoms with Crippen molar-refractivity contribution < 1.29 is 9.53 Å². The van der Waals surface area contributed by atoms with Crippen LogP contribution >= 0.6 is 0 Å². The summed E-state index contributed by atoms with van der Waals surface area (Å²) in [5, 5.41) is 2.92. The Labute approximate surface area is 141 Å². The highest BCUT2D eigenvalue weighted by Crippen LogP contribution is 2.19. The Kier molecular flexibility index (Phi) is 7.40. The van der Waals surface area contributed by atoms with Crippen LogP contribution in [0.2, 0.25) is 0 Å². The van der Waals surface area contributed by atoms with Crippen molar-refractivity contribution in [3.05, 3.63) is 35.6 Å². The molecule has 1 rings (SSSR count). The zero-order valence-electron chi connectivity index (χ0n) is 15.5. The van der Waals surface area contributed by atoms with Crippen molar-refractivity contribution in [3.8, 4) is 0 Å². The fraction of sp³-hybridized carbons (Fsp3) is 0.632. The van der Waals surface area contributed by atoms with Gasteiger partial charge in [-0.2, -0.15) is 0 Å². The Morgan fingerprint density at radius 2 is 1.96 bits per heavy atom. The number of hydrogen-bond donors (Lipinski definition) is 1. The van der Waals surface area contributed by atoms with E-state index >= 15 is 0 Å². The summed E-state index contributed by atoms with van der Waals surface area (Å²) in [6.45, 7) is 13.7. The van der Waals surface area contributed by atoms with Gasteiger partial charge < -0.3 is 15.0 Å². The van der Waals surface area contributed by atoms with Crippen molar-refractivity contribution in [2.24, 2.45) is 0 Å². The van der Waals surface area contributed by atoms with Gasteiger partial charge in [-0.3, -0.25) is 0 Å². The van der Waals surface area contributed by atoms with Crippen LogP contribution in [0, 0.1) is 0 Å². The predicted octanol–water partition coefficient (Wildman–Crippen LogP) is 4.40. The van der Waals surface area contributed by atoms with Gasteiger partial charge >= 0.3 is 6.09 Å². The molecule has 0 bridgehead atoms. The van der Waals surface area contributed by atoms with E-state index in [0.29, 0.717) is 0 Å². The van der Waals surface area contributed by atoms with Crippen LogP contribution in [0.25, 0.3) is 0 Å². The lowest BCUT2D eigenvalue weighted by Crippen LogP contribution is -2.58. The van der Waals surface area contributed by atoms with Crippen LogP contribution in [0.5, 0.6) is 0 Å². The quantitative estimate of drug-likeness (QED) is 0.737. The van der Waals surface area contributed by atoms with E-state index in [9.17, 15) is 4.79 Å². The monoisotopic (exact) mass is 320 g/mol. The number of nitrogens with one attached hydrogen (secondary N) is 1. The van der Waals surface area contributed by atoms with E-state index in [4.69, 9.17) is 4.74 Å². The second-order valence-electron chi connectivity index (χ2n) is 7.02. The average molecular weight is 320 g/mol. The summed E-state index contributed by atoms with van der Waals surface area (Å²) in [6.07, 6.45) is 10.4. The largest absolute Gasteiger partial charge is 0.444 e. The van der Waals surface area contributed by atoms with Crippen LogP contribution in [-0.2, 0) is 4.74 Å². The van der Waals surface area contributed by atoms with Crippen molar-refractivity contribution >= 4 is 6.09 Å². The normalized spacial score (nSPS) is 17.4. The third-order valence-electron chi connectivity index (χ3n) is 3.56. The van der Waals surface area contributed by atoms with E-state index in [1.165, 1.54) is 11.3 Å². The van der Waals surface area contributed by atoms with Crippen LogP contribution < -0.4 is 5.32 Å². The van der Waals surface area contributed by atoms with Gasteiger partial charge in [0.1, 0.15) is 5.60 Å². The Hall–Kier alpha value is -1.71. The standard InChI is InChI=1S/C19H32N2O2/c1-7-9-10-11-17(12-15(3)8-2)21-13-16(14-21)20-18(22)23-19(4,5)6/h9-12,16H,7-8,13-14H2,1-6H3,(H,20,22)/b10-9+,15-12+,17-11+. The van der Waals surface area contributed by atoms with Crippen molar-refractivity contribution in [1.29, 1.82) is 0 Å². The number of alkyl carbamates (subject to hydrolysis) is 1. The van der Waals surface area contributed by atoms with E-state index in [-0.39, 0.29) is 12.1 Å². The Bertz CT molecular complexity index is 478. The van der Waals surface area contributed by atoms with Crippen molar-refractivity contribution in [3.63, 3.8) is 0 Å². The van der Waals surface area contributed by atoms with Crippen LogP contribution in [0.4, 0.5) is 4.79 Å². The van der Waals surface area contributed by atoms with Gasteiger partial charge in [0.2, 0.25) is 0 Å². The maximum absolute atomic E-state index is 11.8. The van der Waals surface area contributed by atoms with E-state index in [2.05, 4.69) is 55.3 Å². The molecule has 0 atom stereocenters. The molecular formula is C19H32N2O2. The smallest absolute Gasteiger partial charge is 0.407 e. The third-order valence-corrected chi connectivity index (χ3v) is 3.56. The van der Waals surface area contributed by atoms with E-state index in [1.807, 2.05) is 20.8 Å². The molecule has 4 nitrogen and oxygen atoms in total. The van der Waals surface area contributed by atoms with Crippen LogP contribution in [0.3, 0.4) is 0 Å². The van der Waals surface area contributed by atoms with Gasteiger partial charge in [-0.15, -0.1) is 0 Å². The summed E-state index contributed by atoms with van der Waals surface area (Å²) in [7, 11) is 0. The lowest BCUT2D eigenvalue weighted by atomic mass is 10.1. The molecule has 1 aliphatic rings. The molecule has 23 heavy (non-hydrogen) atoms. The second-order valence-corrected chi connectivity index (χ2v) is 7.02. The molecule has 1 amide bonds. The molecule has 130 valence electrons. The molecule has 1 aliphatic heterocycles. The summed E-state index contributed by atoms with van der Waals surface area (Å²) < 4.78 is 5.29. The zero-order valence-corrected chi connectivity index (χ0v) is 15.5. The number of carbonyl (C=O) groups is 1. The first-order valence-corrected chi connectivity index (χ1v) is 8.53. The highest BCUT2D eigenvalue weighted by Gasteiger charge is 2.30. The van der Waals surface area contributed by atoms with Gasteiger partial charge in [-0.25, -0.2) is 4.79 Å². The number of carbonyl (C=O) groups excluding carboxylic acids is 1. The molecule has 1 N–H and O–H groups in total. The Balaban J connectivity index is 2.57. The number of amides is 1. The molecule has 0 saturated carbocycles. The van der Waals surface area contributed by atoms with Gasteiger partial charge in [-0.1, -0.05) is 31.6 Å². The molecule has 0 unspecified atom stereocenters. The highest BCUT2D eigenvalue weighted by molar-refractivity contribution is 5.68. The topological polar surface area (TPSA) is 41.6 Å². The summed E-state index contributed by atoms with van der Waals surface area (Å²) in [6, 6.07) is 0.152. The minimum atomic E-state index is -0.454. The number of hydrogen-bond acceptors (Lipinski definition) is 3. The molecule has 0 aromatic carbocycles. The number of rotatable bonds is 6. The molecule has 0 aromatic rings. The first-order chi connectivity index (χ1) is 10.7. The Morgan fingerprint density at radius 3 is 2.48 bits per heavy atom.